The minimum Gasteiger partial charge on any atom is -0.485 e. The SMILES string of the molecule is c1ccc(-c2ccccc2N(c2ccc(-c3ccc4c(c3)oc3ccc5c(c34)CCC(c3ccccc3)O5)cc2)c2ccc(-c3cccc4c3sc3ccccc34)cc2)cc1. The van der Waals surface area contributed by atoms with E-state index in [-0.39, 0.29) is 6.10 Å². The van der Waals surface area contributed by atoms with Crippen LogP contribution in [0, 0.1) is 0 Å². The van der Waals surface area contributed by atoms with Crippen molar-refractivity contribution >= 4 is 70.5 Å². The molecule has 4 heteroatoms. The topological polar surface area (TPSA) is 25.6 Å². The van der Waals surface area contributed by atoms with Gasteiger partial charge in [-0.05, 0) is 107 Å². The highest BCUT2D eigenvalue weighted by atomic mass is 32.1. The van der Waals surface area contributed by atoms with E-state index in [1.54, 1.807) is 0 Å². The van der Waals surface area contributed by atoms with Crippen LogP contribution in [0.15, 0.2) is 211 Å². The van der Waals surface area contributed by atoms with Gasteiger partial charge in [0.05, 0.1) is 5.69 Å². The van der Waals surface area contributed by atoms with Gasteiger partial charge in [0.15, 0.2) is 0 Å². The van der Waals surface area contributed by atoms with Crippen LogP contribution < -0.4 is 9.64 Å². The first-order chi connectivity index (χ1) is 30.2. The second-order valence-corrected chi connectivity index (χ2v) is 16.9. The Labute approximate surface area is 358 Å². The number of furan rings is 1. The normalized spacial score (nSPS) is 13.7. The van der Waals surface area contributed by atoms with Gasteiger partial charge in [-0.1, -0.05) is 146 Å². The Bertz CT molecular complexity index is 3390. The minimum absolute atomic E-state index is 0.0639. The molecule has 0 N–H and O–H groups in total. The highest BCUT2D eigenvalue weighted by Gasteiger charge is 2.25. The summed E-state index contributed by atoms with van der Waals surface area (Å²) < 4.78 is 15.8. The molecule has 0 aliphatic carbocycles. The van der Waals surface area contributed by atoms with Gasteiger partial charge in [0.1, 0.15) is 23.0 Å². The molecule has 0 amide bonds. The minimum atomic E-state index is 0.0639. The molecule has 1 unspecified atom stereocenters. The number of thiophene rings is 1. The van der Waals surface area contributed by atoms with Crippen molar-refractivity contribution in [2.45, 2.75) is 18.9 Å². The van der Waals surface area contributed by atoms with E-state index in [2.05, 4.69) is 211 Å². The number of nitrogens with zero attached hydrogens (tertiary/aromatic N) is 1. The molecule has 2 aromatic heterocycles. The van der Waals surface area contributed by atoms with Crippen molar-refractivity contribution < 1.29 is 9.15 Å². The second kappa shape index (κ2) is 14.7. The molecule has 0 radical (unpaired) electrons. The van der Waals surface area contributed by atoms with E-state index in [0.29, 0.717) is 0 Å². The second-order valence-electron chi connectivity index (χ2n) is 15.9. The van der Waals surface area contributed by atoms with Crippen LogP contribution in [0.2, 0.25) is 0 Å². The Morgan fingerprint density at radius 3 is 1.95 bits per heavy atom. The van der Waals surface area contributed by atoms with Gasteiger partial charge in [0, 0.05) is 53.4 Å². The van der Waals surface area contributed by atoms with Gasteiger partial charge in [-0.25, -0.2) is 0 Å². The van der Waals surface area contributed by atoms with E-state index < -0.39 is 0 Å². The summed E-state index contributed by atoms with van der Waals surface area (Å²) in [6, 6.07) is 74.1. The molecule has 1 aliphatic rings. The third-order valence-electron chi connectivity index (χ3n) is 12.3. The zero-order valence-electron chi connectivity index (χ0n) is 33.3. The highest BCUT2D eigenvalue weighted by molar-refractivity contribution is 7.26. The van der Waals surface area contributed by atoms with Gasteiger partial charge in [-0.15, -0.1) is 11.3 Å². The van der Waals surface area contributed by atoms with Crippen LogP contribution in [0.25, 0.3) is 75.5 Å². The third-order valence-corrected chi connectivity index (χ3v) is 13.5. The van der Waals surface area contributed by atoms with Crippen LogP contribution >= 0.6 is 11.3 Å². The average molecular weight is 802 g/mol. The van der Waals surface area contributed by atoms with Gasteiger partial charge in [0.2, 0.25) is 0 Å². The van der Waals surface area contributed by atoms with E-state index in [0.717, 1.165) is 63.3 Å². The Hall–Kier alpha value is -7.40. The molecule has 11 aromatic rings. The van der Waals surface area contributed by atoms with Gasteiger partial charge in [0.25, 0.3) is 0 Å². The predicted octanol–water partition coefficient (Wildman–Crippen LogP) is 16.5. The first-order valence-corrected chi connectivity index (χ1v) is 21.8. The number of fused-ring (bicyclic) bond motifs is 8. The largest absolute Gasteiger partial charge is 0.485 e. The molecule has 9 aromatic carbocycles. The van der Waals surface area contributed by atoms with Crippen molar-refractivity contribution in [3.05, 3.63) is 217 Å². The zero-order valence-corrected chi connectivity index (χ0v) is 34.1. The Morgan fingerprint density at radius 1 is 0.475 bits per heavy atom. The van der Waals surface area contributed by atoms with Crippen molar-refractivity contribution in [3.8, 4) is 39.1 Å². The van der Waals surface area contributed by atoms with Gasteiger partial charge in [-0.2, -0.15) is 0 Å². The number of rotatable bonds is 7. The van der Waals surface area contributed by atoms with Gasteiger partial charge >= 0.3 is 0 Å². The molecule has 12 rings (SSSR count). The molecule has 61 heavy (non-hydrogen) atoms. The third kappa shape index (κ3) is 6.18. The molecule has 0 spiro atoms. The maximum absolute atomic E-state index is 6.57. The smallest absolute Gasteiger partial charge is 0.136 e. The fourth-order valence-electron chi connectivity index (χ4n) is 9.37. The van der Waals surface area contributed by atoms with Crippen LogP contribution in [-0.2, 0) is 6.42 Å². The van der Waals surface area contributed by atoms with Crippen molar-refractivity contribution in [1.82, 2.24) is 0 Å². The fourth-order valence-corrected chi connectivity index (χ4v) is 10.6. The van der Waals surface area contributed by atoms with Crippen LogP contribution in [0.4, 0.5) is 17.1 Å². The van der Waals surface area contributed by atoms with E-state index in [1.807, 2.05) is 11.3 Å². The number of benzene rings is 9. The summed E-state index contributed by atoms with van der Waals surface area (Å²) in [5, 5.41) is 4.92. The number of aryl methyl sites for hydroxylation is 1. The maximum Gasteiger partial charge on any atom is 0.136 e. The Balaban J connectivity index is 0.907. The molecule has 0 bridgehead atoms. The number of ether oxygens (including phenoxy) is 1. The number of hydrogen-bond acceptors (Lipinski definition) is 4. The standard InChI is InChI=1S/C57H39NO2S/c1-3-12-38(13-4-1)44-16-7-9-20-50(44)58(43-29-24-39(25-30-43)45-18-11-19-47-46-17-8-10-21-55(46)61-57(45)47)42-27-22-37(23-28-42)41-26-31-49-54(36-41)60-53-35-34-52-48(56(49)53)32-33-51(59-52)40-14-5-2-6-15-40/h1-31,34-36,51H,32-33H2. The summed E-state index contributed by atoms with van der Waals surface area (Å²) in [5.74, 6) is 0.955. The van der Waals surface area contributed by atoms with Crippen molar-refractivity contribution in [2.24, 2.45) is 0 Å². The summed E-state index contributed by atoms with van der Waals surface area (Å²) in [7, 11) is 0. The van der Waals surface area contributed by atoms with E-state index >= 15 is 0 Å². The Morgan fingerprint density at radius 2 is 1.13 bits per heavy atom. The van der Waals surface area contributed by atoms with Crippen molar-refractivity contribution in [2.75, 3.05) is 4.90 Å². The van der Waals surface area contributed by atoms with E-state index in [9.17, 15) is 0 Å². The quantitative estimate of drug-likeness (QED) is 0.161. The summed E-state index contributed by atoms with van der Waals surface area (Å²) in [6.07, 6.45) is 1.95. The number of para-hydroxylation sites is 1. The lowest BCUT2D eigenvalue weighted by molar-refractivity contribution is 0.177. The Kier molecular flexibility index (Phi) is 8.56. The lowest BCUT2D eigenvalue weighted by atomic mass is 9.94. The number of anilines is 3. The van der Waals surface area contributed by atoms with Gasteiger partial charge < -0.3 is 14.1 Å². The molecule has 290 valence electrons. The lowest BCUT2D eigenvalue weighted by Gasteiger charge is -2.28. The lowest BCUT2D eigenvalue weighted by Crippen LogP contribution is -2.15. The highest BCUT2D eigenvalue weighted by Crippen LogP contribution is 2.46. The molecule has 1 aliphatic heterocycles. The van der Waals surface area contributed by atoms with Crippen LogP contribution in [-0.4, -0.2) is 0 Å². The molecule has 1 atom stereocenters. The molecular weight excluding hydrogens is 763 g/mol. The van der Waals surface area contributed by atoms with Crippen LogP contribution in [0.3, 0.4) is 0 Å². The van der Waals surface area contributed by atoms with E-state index in [1.165, 1.54) is 58.9 Å². The zero-order chi connectivity index (χ0) is 40.3. The molecule has 0 fully saturated rings. The summed E-state index contributed by atoms with van der Waals surface area (Å²) in [4.78, 5) is 2.38. The van der Waals surface area contributed by atoms with Crippen LogP contribution in [0.1, 0.15) is 23.7 Å². The van der Waals surface area contributed by atoms with Gasteiger partial charge in [-0.3, -0.25) is 0 Å². The fraction of sp³-hybridized carbons (Fsp3) is 0.0526. The molecular formula is C57H39NO2S. The molecule has 0 saturated heterocycles. The first-order valence-electron chi connectivity index (χ1n) is 21.0. The molecule has 3 heterocycles. The summed E-state index contributed by atoms with van der Waals surface area (Å²) in [5.41, 5.74) is 14.6. The van der Waals surface area contributed by atoms with Crippen molar-refractivity contribution in [3.63, 3.8) is 0 Å². The van der Waals surface area contributed by atoms with Crippen molar-refractivity contribution in [1.29, 1.82) is 0 Å². The van der Waals surface area contributed by atoms with E-state index in [4.69, 9.17) is 9.15 Å². The summed E-state index contributed by atoms with van der Waals surface area (Å²) >= 11 is 1.87. The van der Waals surface area contributed by atoms with Crippen LogP contribution in [0.5, 0.6) is 5.75 Å². The maximum atomic E-state index is 6.57. The molecule has 3 nitrogen and oxygen atoms in total. The summed E-state index contributed by atoms with van der Waals surface area (Å²) in [6.45, 7) is 0. The first kappa shape index (κ1) is 35.5. The number of hydrogen-bond donors (Lipinski definition) is 0. The average Bonchev–Trinajstić information content (AvgIpc) is 3.91. The molecule has 0 saturated carbocycles. The predicted molar refractivity (Wildman–Crippen MR) is 256 cm³/mol. The monoisotopic (exact) mass is 801 g/mol.